The molecular formula is C19H24F2N4O3S. The molecule has 7 nitrogen and oxygen atoms in total. The van der Waals surface area contributed by atoms with Crippen LogP contribution in [-0.4, -0.2) is 59.5 Å². The largest absolute Gasteiger partial charge is 0.335 e. The highest BCUT2D eigenvalue weighted by Gasteiger charge is 2.33. The molecule has 0 spiro atoms. The molecule has 1 saturated heterocycles. The van der Waals surface area contributed by atoms with E-state index < -0.39 is 26.6 Å². The van der Waals surface area contributed by atoms with Gasteiger partial charge in [-0.05, 0) is 31.0 Å². The summed E-state index contributed by atoms with van der Waals surface area (Å²) in [4.78, 5) is 13.9. The van der Waals surface area contributed by atoms with Crippen molar-refractivity contribution in [1.82, 2.24) is 19.0 Å². The molecule has 0 atom stereocenters. The Labute approximate surface area is 169 Å². The highest BCUT2D eigenvalue weighted by atomic mass is 32.2. The molecule has 0 unspecified atom stereocenters. The lowest BCUT2D eigenvalue weighted by atomic mass is 10.1. The molecule has 10 heteroatoms. The number of halogens is 2. The first-order valence-electron chi connectivity index (χ1n) is 9.47. The van der Waals surface area contributed by atoms with Gasteiger partial charge < -0.3 is 4.90 Å². The van der Waals surface area contributed by atoms with Gasteiger partial charge in [-0.3, -0.25) is 9.48 Å². The molecule has 0 N–H and O–H groups in total. The molecule has 1 aromatic carbocycles. The lowest BCUT2D eigenvalue weighted by Gasteiger charge is -2.34. The molecule has 2 heterocycles. The van der Waals surface area contributed by atoms with Crippen molar-refractivity contribution in [2.24, 2.45) is 0 Å². The minimum Gasteiger partial charge on any atom is -0.335 e. The predicted octanol–water partition coefficient (Wildman–Crippen LogP) is 2.45. The van der Waals surface area contributed by atoms with E-state index >= 15 is 0 Å². The number of hydrogen-bond acceptors (Lipinski definition) is 4. The van der Waals surface area contributed by atoms with Crippen molar-refractivity contribution in [2.75, 3.05) is 26.2 Å². The highest BCUT2D eigenvalue weighted by molar-refractivity contribution is 7.89. The van der Waals surface area contributed by atoms with Crippen molar-refractivity contribution in [1.29, 1.82) is 0 Å². The minimum atomic E-state index is -4.11. The summed E-state index contributed by atoms with van der Waals surface area (Å²) in [6.07, 6.45) is 0. The van der Waals surface area contributed by atoms with E-state index in [0.29, 0.717) is 18.3 Å². The van der Waals surface area contributed by atoms with Crippen molar-refractivity contribution in [2.45, 2.75) is 38.1 Å². The Hall–Kier alpha value is -2.33. The third-order valence-electron chi connectivity index (χ3n) is 4.95. The molecule has 158 valence electrons. The van der Waals surface area contributed by atoms with Gasteiger partial charge in [0.2, 0.25) is 10.0 Å². The molecule has 2 aromatic rings. The van der Waals surface area contributed by atoms with Crippen molar-refractivity contribution in [3.63, 3.8) is 0 Å². The fourth-order valence-electron chi connectivity index (χ4n) is 3.25. The Balaban J connectivity index is 1.74. The van der Waals surface area contributed by atoms with Gasteiger partial charge >= 0.3 is 0 Å². The second kappa shape index (κ2) is 8.19. The summed E-state index contributed by atoms with van der Waals surface area (Å²) in [5, 5.41) is 4.45. The van der Waals surface area contributed by atoms with Crippen LogP contribution in [0.15, 0.2) is 29.2 Å². The van der Waals surface area contributed by atoms with Gasteiger partial charge in [-0.25, -0.2) is 17.2 Å². The topological polar surface area (TPSA) is 75.5 Å². The predicted molar refractivity (Wildman–Crippen MR) is 103 cm³/mol. The van der Waals surface area contributed by atoms with Crippen LogP contribution < -0.4 is 0 Å². The molecule has 0 saturated carbocycles. The van der Waals surface area contributed by atoms with E-state index in [9.17, 15) is 22.0 Å². The number of piperazine rings is 1. The molecule has 0 aliphatic carbocycles. The Bertz CT molecular complexity index is 1010. The third-order valence-corrected chi connectivity index (χ3v) is 6.88. The SMILES string of the molecule is CCn1nc(C(C)C)cc1C(=O)N1CCN(S(=O)(=O)c2ccc(F)cc2F)CC1. The summed E-state index contributed by atoms with van der Waals surface area (Å²) >= 11 is 0. The van der Waals surface area contributed by atoms with E-state index in [0.717, 1.165) is 22.1 Å². The molecule has 0 bridgehead atoms. The zero-order chi connectivity index (χ0) is 21.3. The van der Waals surface area contributed by atoms with Gasteiger partial charge in [0, 0.05) is 38.8 Å². The summed E-state index contributed by atoms with van der Waals surface area (Å²) in [7, 11) is -4.11. The molecule has 29 heavy (non-hydrogen) atoms. The minimum absolute atomic E-state index is 0.0300. The number of aromatic nitrogens is 2. The molecule has 1 fully saturated rings. The smallest absolute Gasteiger partial charge is 0.272 e. The first-order valence-corrected chi connectivity index (χ1v) is 10.9. The molecule has 1 aliphatic heterocycles. The summed E-state index contributed by atoms with van der Waals surface area (Å²) in [5.74, 6) is -2.00. The zero-order valence-electron chi connectivity index (χ0n) is 16.6. The van der Waals surface area contributed by atoms with Crippen molar-refractivity contribution >= 4 is 15.9 Å². The van der Waals surface area contributed by atoms with Crippen LogP contribution in [0.4, 0.5) is 8.78 Å². The highest BCUT2D eigenvalue weighted by Crippen LogP contribution is 2.22. The Morgan fingerprint density at radius 2 is 1.79 bits per heavy atom. The lowest BCUT2D eigenvalue weighted by Crippen LogP contribution is -2.50. The monoisotopic (exact) mass is 426 g/mol. The number of rotatable bonds is 5. The first-order chi connectivity index (χ1) is 13.6. The van der Waals surface area contributed by atoms with E-state index in [-0.39, 0.29) is 38.0 Å². The quantitative estimate of drug-likeness (QED) is 0.736. The number of hydrogen-bond donors (Lipinski definition) is 0. The van der Waals surface area contributed by atoms with Crippen LogP contribution in [-0.2, 0) is 16.6 Å². The Morgan fingerprint density at radius 1 is 1.14 bits per heavy atom. The van der Waals surface area contributed by atoms with Crippen molar-refractivity contribution in [3.8, 4) is 0 Å². The van der Waals surface area contributed by atoms with Crippen LogP contribution in [0.5, 0.6) is 0 Å². The van der Waals surface area contributed by atoms with Gasteiger partial charge in [-0.15, -0.1) is 0 Å². The number of nitrogens with zero attached hydrogens (tertiary/aromatic N) is 4. The average molecular weight is 426 g/mol. The fraction of sp³-hybridized carbons (Fsp3) is 0.474. The molecule has 1 aliphatic rings. The van der Waals surface area contributed by atoms with E-state index in [1.165, 1.54) is 0 Å². The number of sulfonamides is 1. The average Bonchev–Trinajstić information content (AvgIpc) is 3.12. The molecule has 3 rings (SSSR count). The summed E-state index contributed by atoms with van der Waals surface area (Å²) in [5.41, 5.74) is 1.29. The lowest BCUT2D eigenvalue weighted by molar-refractivity contribution is 0.0685. The standard InChI is InChI=1S/C19H24F2N4O3S/c1-4-25-17(12-16(22-25)13(2)3)19(26)23-7-9-24(10-8-23)29(27,28)18-6-5-14(20)11-15(18)21/h5-6,11-13H,4,7-10H2,1-3H3. The van der Waals surface area contributed by atoms with Gasteiger partial charge in [0.15, 0.2) is 0 Å². The van der Waals surface area contributed by atoms with Gasteiger partial charge in [0.05, 0.1) is 5.69 Å². The maximum atomic E-state index is 14.0. The van der Waals surface area contributed by atoms with E-state index in [1.807, 2.05) is 20.8 Å². The van der Waals surface area contributed by atoms with E-state index in [2.05, 4.69) is 5.10 Å². The van der Waals surface area contributed by atoms with Crippen LogP contribution in [0.3, 0.4) is 0 Å². The van der Waals surface area contributed by atoms with Gasteiger partial charge in [0.25, 0.3) is 5.91 Å². The normalized spacial score (nSPS) is 15.9. The summed E-state index contributed by atoms with van der Waals surface area (Å²) < 4.78 is 55.2. The Morgan fingerprint density at radius 3 is 2.34 bits per heavy atom. The zero-order valence-corrected chi connectivity index (χ0v) is 17.4. The maximum absolute atomic E-state index is 14.0. The molecule has 0 radical (unpaired) electrons. The Kier molecular flexibility index (Phi) is 6.04. The van der Waals surface area contributed by atoms with Crippen LogP contribution >= 0.6 is 0 Å². The van der Waals surface area contributed by atoms with Gasteiger partial charge in [0.1, 0.15) is 22.2 Å². The number of benzene rings is 1. The summed E-state index contributed by atoms with van der Waals surface area (Å²) in [6.45, 7) is 6.84. The van der Waals surface area contributed by atoms with E-state index in [4.69, 9.17) is 0 Å². The van der Waals surface area contributed by atoms with Gasteiger partial charge in [-0.1, -0.05) is 13.8 Å². The molecule has 1 amide bonds. The van der Waals surface area contributed by atoms with Crippen molar-refractivity contribution in [3.05, 3.63) is 47.3 Å². The van der Waals surface area contributed by atoms with Crippen LogP contribution in [0, 0.1) is 11.6 Å². The number of aryl methyl sites for hydroxylation is 1. The second-order valence-electron chi connectivity index (χ2n) is 7.20. The molecular weight excluding hydrogens is 402 g/mol. The number of carbonyl (C=O) groups excluding carboxylic acids is 1. The van der Waals surface area contributed by atoms with E-state index in [1.54, 1.807) is 15.6 Å². The van der Waals surface area contributed by atoms with Crippen LogP contribution in [0.25, 0.3) is 0 Å². The fourth-order valence-corrected chi connectivity index (χ4v) is 4.72. The maximum Gasteiger partial charge on any atom is 0.272 e. The van der Waals surface area contributed by atoms with Crippen molar-refractivity contribution < 1.29 is 22.0 Å². The number of amides is 1. The number of carbonyl (C=O) groups is 1. The third kappa shape index (κ3) is 4.18. The van der Waals surface area contributed by atoms with Crippen LogP contribution in [0.2, 0.25) is 0 Å². The second-order valence-corrected chi connectivity index (χ2v) is 9.10. The van der Waals surface area contributed by atoms with Gasteiger partial charge in [-0.2, -0.15) is 9.40 Å². The van der Waals surface area contributed by atoms with Crippen LogP contribution in [0.1, 0.15) is 42.9 Å². The summed E-state index contributed by atoms with van der Waals surface area (Å²) in [6, 6.07) is 4.15. The first kappa shape index (κ1) is 21.4. The molecule has 1 aromatic heterocycles.